The molecule has 2 aromatic heterocycles. The van der Waals surface area contributed by atoms with Crippen molar-refractivity contribution in [2.45, 2.75) is 0 Å². The summed E-state index contributed by atoms with van der Waals surface area (Å²) in [5.41, 5.74) is 2.16. The standard InChI is InChI=1S/C19H18N4O5/c24-19(21-7-9-27-10-8-21)13-28-16-4-1-14(2-5-16)17-12-22-11-15(23(25)26)3-6-18(22)20-17/h1-6,11-12H,7-10,13H2. The topological polar surface area (TPSA) is 99.2 Å². The lowest BCUT2D eigenvalue weighted by Crippen LogP contribution is -2.42. The molecule has 3 heterocycles. The molecule has 1 aromatic carbocycles. The zero-order chi connectivity index (χ0) is 19.5. The van der Waals surface area contributed by atoms with Gasteiger partial charge in [0.2, 0.25) is 0 Å². The first-order chi connectivity index (χ1) is 13.6. The molecule has 28 heavy (non-hydrogen) atoms. The van der Waals surface area contributed by atoms with Gasteiger partial charge in [0.05, 0.1) is 30.0 Å². The monoisotopic (exact) mass is 382 g/mol. The molecule has 4 rings (SSSR count). The van der Waals surface area contributed by atoms with Crippen LogP contribution in [0, 0.1) is 10.1 Å². The maximum Gasteiger partial charge on any atom is 0.286 e. The van der Waals surface area contributed by atoms with Crippen LogP contribution in [0.1, 0.15) is 0 Å². The summed E-state index contributed by atoms with van der Waals surface area (Å²) < 4.78 is 12.4. The van der Waals surface area contributed by atoms with Gasteiger partial charge in [-0.3, -0.25) is 19.3 Å². The van der Waals surface area contributed by atoms with Crippen molar-refractivity contribution in [3.05, 3.63) is 58.9 Å². The van der Waals surface area contributed by atoms with Gasteiger partial charge in [0, 0.05) is 30.9 Å². The number of carbonyl (C=O) groups excluding carboxylic acids is 1. The summed E-state index contributed by atoms with van der Waals surface area (Å²) in [7, 11) is 0. The van der Waals surface area contributed by atoms with E-state index in [1.807, 2.05) is 12.1 Å². The van der Waals surface area contributed by atoms with Crippen LogP contribution in [-0.4, -0.2) is 58.0 Å². The van der Waals surface area contributed by atoms with Gasteiger partial charge in [-0.2, -0.15) is 0 Å². The van der Waals surface area contributed by atoms with E-state index in [4.69, 9.17) is 9.47 Å². The number of hydrogen-bond acceptors (Lipinski definition) is 6. The fourth-order valence-electron chi connectivity index (χ4n) is 3.00. The summed E-state index contributed by atoms with van der Waals surface area (Å²) in [6, 6.07) is 10.3. The molecule has 1 aliphatic rings. The molecule has 0 aliphatic carbocycles. The number of benzene rings is 1. The van der Waals surface area contributed by atoms with Crippen molar-refractivity contribution in [2.24, 2.45) is 0 Å². The smallest absolute Gasteiger partial charge is 0.286 e. The highest BCUT2D eigenvalue weighted by Crippen LogP contribution is 2.23. The van der Waals surface area contributed by atoms with Gasteiger partial charge in [0.25, 0.3) is 11.6 Å². The molecule has 1 aliphatic heterocycles. The maximum atomic E-state index is 12.1. The number of rotatable bonds is 5. The van der Waals surface area contributed by atoms with Gasteiger partial charge in [-0.25, -0.2) is 4.98 Å². The van der Waals surface area contributed by atoms with Gasteiger partial charge >= 0.3 is 0 Å². The number of fused-ring (bicyclic) bond motifs is 1. The summed E-state index contributed by atoms with van der Waals surface area (Å²) in [5.74, 6) is 0.527. The third kappa shape index (κ3) is 3.79. The average Bonchev–Trinajstić information content (AvgIpc) is 3.16. The van der Waals surface area contributed by atoms with E-state index < -0.39 is 4.92 Å². The molecule has 0 unspecified atom stereocenters. The number of imidazole rings is 1. The van der Waals surface area contributed by atoms with Gasteiger partial charge in [0.1, 0.15) is 11.4 Å². The Kier molecular flexibility index (Phi) is 4.90. The molecule has 0 saturated carbocycles. The summed E-state index contributed by atoms with van der Waals surface area (Å²) in [6.07, 6.45) is 3.17. The Morgan fingerprint density at radius 1 is 1.14 bits per heavy atom. The molecule has 9 nitrogen and oxygen atoms in total. The number of morpholine rings is 1. The molecule has 1 fully saturated rings. The Labute approximate surface area is 160 Å². The third-order valence-electron chi connectivity index (χ3n) is 4.52. The van der Waals surface area contributed by atoms with Crippen molar-refractivity contribution in [2.75, 3.05) is 32.9 Å². The van der Waals surface area contributed by atoms with E-state index >= 15 is 0 Å². The number of nitrogens with zero attached hydrogens (tertiary/aromatic N) is 4. The Hall–Kier alpha value is -3.46. The minimum atomic E-state index is -0.441. The second-order valence-electron chi connectivity index (χ2n) is 6.34. The van der Waals surface area contributed by atoms with Crippen molar-refractivity contribution in [3.63, 3.8) is 0 Å². The molecular formula is C19H18N4O5. The Morgan fingerprint density at radius 2 is 1.89 bits per heavy atom. The van der Waals surface area contributed by atoms with Crippen LogP contribution in [-0.2, 0) is 9.53 Å². The van der Waals surface area contributed by atoms with E-state index in [-0.39, 0.29) is 18.2 Å². The van der Waals surface area contributed by atoms with Crippen LogP contribution in [0.5, 0.6) is 5.75 Å². The number of pyridine rings is 1. The lowest BCUT2D eigenvalue weighted by molar-refractivity contribution is -0.385. The second kappa shape index (κ2) is 7.65. The van der Waals surface area contributed by atoms with Gasteiger partial charge in [-0.15, -0.1) is 0 Å². The van der Waals surface area contributed by atoms with E-state index in [0.717, 1.165) is 5.56 Å². The summed E-state index contributed by atoms with van der Waals surface area (Å²) in [6.45, 7) is 2.28. The van der Waals surface area contributed by atoms with Crippen molar-refractivity contribution in [1.82, 2.24) is 14.3 Å². The minimum absolute atomic E-state index is 0.00475. The lowest BCUT2D eigenvalue weighted by atomic mass is 10.2. The van der Waals surface area contributed by atoms with Gasteiger partial charge in [-0.1, -0.05) is 0 Å². The minimum Gasteiger partial charge on any atom is -0.484 e. The molecular weight excluding hydrogens is 364 g/mol. The number of amides is 1. The Morgan fingerprint density at radius 3 is 2.61 bits per heavy atom. The van der Waals surface area contributed by atoms with Crippen LogP contribution in [0.2, 0.25) is 0 Å². The zero-order valence-corrected chi connectivity index (χ0v) is 15.0. The highest BCUT2D eigenvalue weighted by atomic mass is 16.6. The largest absolute Gasteiger partial charge is 0.484 e. The van der Waals surface area contributed by atoms with Crippen molar-refractivity contribution >= 4 is 17.2 Å². The van der Waals surface area contributed by atoms with Gasteiger partial charge in [-0.05, 0) is 30.3 Å². The van der Waals surface area contributed by atoms with Crippen LogP contribution in [0.3, 0.4) is 0 Å². The van der Waals surface area contributed by atoms with Gasteiger partial charge in [0.15, 0.2) is 6.61 Å². The molecule has 0 radical (unpaired) electrons. The van der Waals surface area contributed by atoms with Crippen LogP contribution in [0.4, 0.5) is 5.69 Å². The van der Waals surface area contributed by atoms with Crippen molar-refractivity contribution in [3.8, 4) is 17.0 Å². The fraction of sp³-hybridized carbons (Fsp3) is 0.263. The highest BCUT2D eigenvalue weighted by molar-refractivity contribution is 5.78. The molecule has 9 heteroatoms. The molecule has 0 atom stereocenters. The molecule has 0 N–H and O–H groups in total. The van der Waals surface area contributed by atoms with E-state index in [1.165, 1.54) is 12.3 Å². The van der Waals surface area contributed by atoms with E-state index in [9.17, 15) is 14.9 Å². The van der Waals surface area contributed by atoms with Gasteiger partial charge < -0.3 is 14.4 Å². The summed E-state index contributed by atoms with van der Waals surface area (Å²) in [4.78, 5) is 28.8. The predicted molar refractivity (Wildman–Crippen MR) is 100 cm³/mol. The molecule has 3 aromatic rings. The van der Waals surface area contributed by atoms with E-state index in [2.05, 4.69) is 4.98 Å². The number of aromatic nitrogens is 2. The fourth-order valence-corrected chi connectivity index (χ4v) is 3.00. The Balaban J connectivity index is 1.43. The third-order valence-corrected chi connectivity index (χ3v) is 4.52. The van der Waals surface area contributed by atoms with E-state index in [0.29, 0.717) is 43.4 Å². The first-order valence-electron chi connectivity index (χ1n) is 8.82. The number of hydrogen-bond donors (Lipinski definition) is 0. The zero-order valence-electron chi connectivity index (χ0n) is 15.0. The van der Waals surface area contributed by atoms with Crippen LogP contribution >= 0.6 is 0 Å². The maximum absolute atomic E-state index is 12.1. The number of carbonyl (C=O) groups is 1. The normalized spacial score (nSPS) is 14.2. The van der Waals surface area contributed by atoms with Crippen molar-refractivity contribution in [1.29, 1.82) is 0 Å². The van der Waals surface area contributed by atoms with E-state index in [1.54, 1.807) is 33.7 Å². The summed E-state index contributed by atoms with van der Waals surface area (Å²) in [5, 5.41) is 10.9. The van der Waals surface area contributed by atoms with Crippen LogP contribution in [0.25, 0.3) is 16.9 Å². The number of ether oxygens (including phenoxy) is 2. The van der Waals surface area contributed by atoms with Crippen LogP contribution < -0.4 is 4.74 Å². The number of nitro groups is 1. The first-order valence-corrected chi connectivity index (χ1v) is 8.82. The predicted octanol–water partition coefficient (Wildman–Crippen LogP) is 2.15. The molecule has 0 bridgehead atoms. The molecule has 1 amide bonds. The quantitative estimate of drug-likeness (QED) is 0.495. The van der Waals surface area contributed by atoms with Crippen molar-refractivity contribution < 1.29 is 19.2 Å². The second-order valence-corrected chi connectivity index (χ2v) is 6.34. The summed E-state index contributed by atoms with van der Waals surface area (Å²) >= 11 is 0. The lowest BCUT2D eigenvalue weighted by Gasteiger charge is -2.26. The average molecular weight is 382 g/mol. The highest BCUT2D eigenvalue weighted by Gasteiger charge is 2.17. The SMILES string of the molecule is O=C(COc1ccc(-c2cn3cc([N+](=O)[O-])ccc3n2)cc1)N1CCOCC1. The molecule has 144 valence electrons. The Bertz CT molecular complexity index is 1010. The first kappa shape index (κ1) is 17.9. The molecule has 0 spiro atoms. The van der Waals surface area contributed by atoms with Crippen LogP contribution in [0.15, 0.2) is 48.8 Å². The molecule has 1 saturated heterocycles.